The Morgan fingerprint density at radius 1 is 1.19 bits per heavy atom. The fraction of sp³-hybridized carbons (Fsp3) is 0.929. The maximum Gasteiger partial charge on any atom is 0.152 e. The Morgan fingerprint density at radius 2 is 1.69 bits per heavy atom. The molecule has 0 aliphatic carbocycles. The van der Waals surface area contributed by atoms with Gasteiger partial charge in [-0.1, -0.05) is 48.5 Å². The first-order valence-corrected chi connectivity index (χ1v) is 6.37. The summed E-state index contributed by atoms with van der Waals surface area (Å²) in [5.74, 6) is 0.918. The molecule has 0 amide bonds. The lowest BCUT2D eigenvalue weighted by Crippen LogP contribution is -2.38. The first-order chi connectivity index (χ1) is 7.13. The van der Waals surface area contributed by atoms with Gasteiger partial charge < -0.3 is 5.32 Å². The highest BCUT2D eigenvalue weighted by Gasteiger charge is 2.35. The summed E-state index contributed by atoms with van der Waals surface area (Å²) in [6, 6.07) is 0. The van der Waals surface area contributed by atoms with E-state index in [0.717, 1.165) is 13.0 Å². The molecular formula is C14H29NO. The third kappa shape index (κ3) is 4.65. The Bertz CT molecular complexity index is 229. The fourth-order valence-electron chi connectivity index (χ4n) is 1.92. The van der Waals surface area contributed by atoms with Crippen molar-refractivity contribution in [1.82, 2.24) is 5.32 Å². The Morgan fingerprint density at radius 3 is 2.06 bits per heavy atom. The van der Waals surface area contributed by atoms with Crippen molar-refractivity contribution in [1.29, 1.82) is 0 Å². The third-order valence-electron chi connectivity index (χ3n) is 3.75. The number of nitrogens with one attached hydrogen (secondary N) is 1. The molecule has 0 spiro atoms. The van der Waals surface area contributed by atoms with E-state index in [2.05, 4.69) is 46.9 Å². The molecule has 2 nitrogen and oxygen atoms in total. The van der Waals surface area contributed by atoms with Gasteiger partial charge in [0.05, 0.1) is 6.54 Å². The Kier molecular flexibility index (Phi) is 5.67. The van der Waals surface area contributed by atoms with E-state index in [1.807, 2.05) is 6.92 Å². The fourth-order valence-corrected chi connectivity index (χ4v) is 1.92. The number of likely N-dealkylation sites (N-methyl/N-ethyl adjacent to an activating group) is 1. The number of carbonyl (C=O) groups excluding carboxylic acids is 1. The highest BCUT2D eigenvalue weighted by atomic mass is 16.1. The lowest BCUT2D eigenvalue weighted by atomic mass is 9.68. The van der Waals surface area contributed by atoms with Gasteiger partial charge in [-0.05, 0) is 24.3 Å². The van der Waals surface area contributed by atoms with Gasteiger partial charge in [-0.3, -0.25) is 4.79 Å². The van der Waals surface area contributed by atoms with Crippen molar-refractivity contribution < 1.29 is 4.79 Å². The van der Waals surface area contributed by atoms with E-state index in [4.69, 9.17) is 0 Å². The van der Waals surface area contributed by atoms with Crippen LogP contribution in [0.4, 0.5) is 0 Å². The molecule has 1 N–H and O–H groups in total. The average molecular weight is 227 g/mol. The summed E-state index contributed by atoms with van der Waals surface area (Å²) >= 11 is 0. The first-order valence-electron chi connectivity index (χ1n) is 6.37. The minimum Gasteiger partial charge on any atom is -0.310 e. The molecule has 0 bridgehead atoms. The second-order valence-electron chi connectivity index (χ2n) is 6.41. The van der Waals surface area contributed by atoms with Gasteiger partial charge in [-0.15, -0.1) is 0 Å². The molecule has 0 atom stereocenters. The van der Waals surface area contributed by atoms with Gasteiger partial charge in [0.2, 0.25) is 0 Å². The summed E-state index contributed by atoms with van der Waals surface area (Å²) in [5.41, 5.74) is -0.0126. The number of hydrogen-bond acceptors (Lipinski definition) is 2. The van der Waals surface area contributed by atoms with Crippen LogP contribution in [0.3, 0.4) is 0 Å². The largest absolute Gasteiger partial charge is 0.310 e. The average Bonchev–Trinajstić information content (AvgIpc) is 2.12. The molecule has 0 saturated carbocycles. The van der Waals surface area contributed by atoms with Crippen LogP contribution in [0, 0.1) is 16.7 Å². The number of Topliss-reactive ketones (excluding diaryl/α,β-unsaturated/α-hetero) is 1. The molecule has 0 saturated heterocycles. The zero-order valence-corrected chi connectivity index (χ0v) is 12.1. The van der Waals surface area contributed by atoms with Gasteiger partial charge >= 0.3 is 0 Å². The summed E-state index contributed by atoms with van der Waals surface area (Å²) in [4.78, 5) is 12.1. The second-order valence-corrected chi connectivity index (χ2v) is 6.41. The maximum absolute atomic E-state index is 12.1. The van der Waals surface area contributed by atoms with E-state index < -0.39 is 0 Å². The second kappa shape index (κ2) is 5.81. The Hall–Kier alpha value is -0.370. The van der Waals surface area contributed by atoms with E-state index in [9.17, 15) is 4.79 Å². The number of hydrogen-bond donors (Lipinski definition) is 1. The van der Waals surface area contributed by atoms with Crippen LogP contribution in [0.15, 0.2) is 0 Å². The van der Waals surface area contributed by atoms with Crippen LogP contribution in [-0.4, -0.2) is 18.9 Å². The van der Waals surface area contributed by atoms with Gasteiger partial charge in [0.25, 0.3) is 0 Å². The van der Waals surface area contributed by atoms with E-state index in [0.29, 0.717) is 18.2 Å². The zero-order chi connectivity index (χ0) is 13.0. The van der Waals surface area contributed by atoms with Crippen LogP contribution in [0.25, 0.3) is 0 Å². The summed E-state index contributed by atoms with van der Waals surface area (Å²) in [6.07, 6.45) is 0.946. The van der Waals surface area contributed by atoms with Crippen molar-refractivity contribution in [2.45, 2.75) is 54.9 Å². The Balaban J connectivity index is 4.49. The molecule has 0 aromatic heterocycles. The molecule has 0 aromatic carbocycles. The summed E-state index contributed by atoms with van der Waals surface area (Å²) in [5, 5.41) is 3.12. The van der Waals surface area contributed by atoms with Crippen LogP contribution >= 0.6 is 0 Å². The van der Waals surface area contributed by atoms with E-state index >= 15 is 0 Å². The van der Waals surface area contributed by atoms with E-state index in [1.54, 1.807) is 0 Å². The van der Waals surface area contributed by atoms with Crippen molar-refractivity contribution in [3.8, 4) is 0 Å². The molecule has 16 heavy (non-hydrogen) atoms. The molecule has 0 aliphatic heterocycles. The van der Waals surface area contributed by atoms with Gasteiger partial charge in [0.1, 0.15) is 0 Å². The minimum absolute atomic E-state index is 0.214. The molecule has 0 fully saturated rings. The summed E-state index contributed by atoms with van der Waals surface area (Å²) < 4.78 is 0. The normalized spacial score (nSPS) is 13.2. The van der Waals surface area contributed by atoms with Crippen molar-refractivity contribution in [2.24, 2.45) is 16.7 Å². The molecule has 0 unspecified atom stereocenters. The first kappa shape index (κ1) is 15.6. The lowest BCUT2D eigenvalue weighted by molar-refractivity contribution is -0.128. The molecule has 0 heterocycles. The molecule has 0 radical (unpaired) electrons. The van der Waals surface area contributed by atoms with Crippen molar-refractivity contribution in [3.05, 3.63) is 0 Å². The van der Waals surface area contributed by atoms with Gasteiger partial charge in [-0.25, -0.2) is 0 Å². The van der Waals surface area contributed by atoms with Crippen LogP contribution in [-0.2, 0) is 4.79 Å². The lowest BCUT2D eigenvalue weighted by Gasteiger charge is -2.37. The molecular weight excluding hydrogens is 198 g/mol. The van der Waals surface area contributed by atoms with Crippen LogP contribution in [0.2, 0.25) is 0 Å². The number of rotatable bonds is 7. The maximum atomic E-state index is 12.1. The molecule has 0 aliphatic rings. The van der Waals surface area contributed by atoms with E-state index in [-0.39, 0.29) is 10.8 Å². The standard InChI is InChI=1S/C14H29NO/c1-8-15-9-12(16)14(6,7)10-13(4,5)11(2)3/h11,15H,8-10H2,1-7H3. The molecule has 0 aromatic rings. The Labute approximate surface area is 101 Å². The molecule has 2 heteroatoms. The SMILES string of the molecule is CCNCC(=O)C(C)(C)CC(C)(C)C(C)C. The van der Waals surface area contributed by atoms with E-state index in [1.165, 1.54) is 0 Å². The number of ketones is 1. The van der Waals surface area contributed by atoms with Gasteiger partial charge in [0, 0.05) is 5.41 Å². The quantitative estimate of drug-likeness (QED) is 0.723. The predicted octanol–water partition coefficient (Wildman–Crippen LogP) is 3.26. The monoisotopic (exact) mass is 227 g/mol. The van der Waals surface area contributed by atoms with Crippen molar-refractivity contribution in [2.75, 3.05) is 13.1 Å². The topological polar surface area (TPSA) is 29.1 Å². The third-order valence-corrected chi connectivity index (χ3v) is 3.75. The van der Waals surface area contributed by atoms with Crippen molar-refractivity contribution >= 4 is 5.78 Å². The summed E-state index contributed by atoms with van der Waals surface area (Å²) in [7, 11) is 0. The molecule has 0 rings (SSSR count). The van der Waals surface area contributed by atoms with Crippen LogP contribution < -0.4 is 5.32 Å². The summed E-state index contributed by atoms with van der Waals surface area (Å²) in [6.45, 7) is 16.5. The van der Waals surface area contributed by atoms with Crippen LogP contribution in [0.1, 0.15) is 54.9 Å². The highest BCUT2D eigenvalue weighted by molar-refractivity contribution is 5.85. The van der Waals surface area contributed by atoms with Crippen LogP contribution in [0.5, 0.6) is 0 Å². The van der Waals surface area contributed by atoms with Crippen molar-refractivity contribution in [3.63, 3.8) is 0 Å². The van der Waals surface area contributed by atoms with Gasteiger partial charge in [-0.2, -0.15) is 0 Å². The minimum atomic E-state index is -0.226. The smallest absolute Gasteiger partial charge is 0.152 e. The highest BCUT2D eigenvalue weighted by Crippen LogP contribution is 2.39. The number of carbonyl (C=O) groups is 1. The van der Waals surface area contributed by atoms with Gasteiger partial charge in [0.15, 0.2) is 5.78 Å². The zero-order valence-electron chi connectivity index (χ0n) is 12.1. The predicted molar refractivity (Wildman–Crippen MR) is 70.6 cm³/mol. The molecule has 96 valence electrons.